The summed E-state index contributed by atoms with van der Waals surface area (Å²) in [5.41, 5.74) is 3.65. The second kappa shape index (κ2) is 8.30. The van der Waals surface area contributed by atoms with Crippen LogP contribution in [0.25, 0.3) is 0 Å². The minimum absolute atomic E-state index is 0.407. The molecule has 1 fully saturated rings. The SMILES string of the molecule is Cc1cccc(C)c1NC(=S)N(C(C)C)C1CCN(C(C)C)CC1. The zero-order valence-corrected chi connectivity index (χ0v) is 16.9. The van der Waals surface area contributed by atoms with Crippen molar-refractivity contribution in [2.75, 3.05) is 18.4 Å². The number of piperidine rings is 1. The molecule has 0 aliphatic carbocycles. The maximum absolute atomic E-state index is 5.82. The first-order valence-corrected chi connectivity index (χ1v) is 9.61. The first-order valence-electron chi connectivity index (χ1n) is 9.20. The largest absolute Gasteiger partial charge is 0.344 e. The second-order valence-corrected chi connectivity index (χ2v) is 7.95. The van der Waals surface area contributed by atoms with Gasteiger partial charge in [-0.05, 0) is 77.7 Å². The van der Waals surface area contributed by atoms with Crippen molar-refractivity contribution in [1.29, 1.82) is 0 Å². The smallest absolute Gasteiger partial charge is 0.173 e. The molecule has 0 aromatic heterocycles. The van der Waals surface area contributed by atoms with Crippen molar-refractivity contribution in [3.05, 3.63) is 29.3 Å². The average Bonchev–Trinajstić information content (AvgIpc) is 2.51. The Bertz CT molecular complexity index is 540. The molecule has 0 unspecified atom stereocenters. The monoisotopic (exact) mass is 347 g/mol. The maximum atomic E-state index is 5.82. The molecule has 0 amide bonds. The van der Waals surface area contributed by atoms with E-state index in [9.17, 15) is 0 Å². The molecule has 4 heteroatoms. The van der Waals surface area contributed by atoms with Crippen molar-refractivity contribution < 1.29 is 0 Å². The molecular formula is C20H33N3S. The molecule has 1 aromatic rings. The van der Waals surface area contributed by atoms with Crippen LogP contribution in [-0.2, 0) is 0 Å². The Morgan fingerprint density at radius 3 is 2.12 bits per heavy atom. The molecule has 0 saturated carbocycles. The highest BCUT2D eigenvalue weighted by molar-refractivity contribution is 7.80. The predicted molar refractivity (Wildman–Crippen MR) is 109 cm³/mol. The van der Waals surface area contributed by atoms with Gasteiger partial charge in [0.25, 0.3) is 0 Å². The van der Waals surface area contributed by atoms with Crippen LogP contribution in [-0.4, -0.2) is 46.1 Å². The maximum Gasteiger partial charge on any atom is 0.173 e. The number of likely N-dealkylation sites (tertiary alicyclic amines) is 1. The van der Waals surface area contributed by atoms with Crippen LogP contribution >= 0.6 is 12.2 Å². The van der Waals surface area contributed by atoms with Crippen LogP contribution in [0.5, 0.6) is 0 Å². The third-order valence-corrected chi connectivity index (χ3v) is 5.44. The van der Waals surface area contributed by atoms with E-state index < -0.39 is 0 Å². The third-order valence-electron chi connectivity index (χ3n) is 5.13. The van der Waals surface area contributed by atoms with Crippen molar-refractivity contribution in [1.82, 2.24) is 9.80 Å². The number of anilines is 1. The summed E-state index contributed by atoms with van der Waals surface area (Å²) < 4.78 is 0. The van der Waals surface area contributed by atoms with Crippen molar-refractivity contribution in [2.24, 2.45) is 0 Å². The van der Waals surface area contributed by atoms with Gasteiger partial charge in [-0.2, -0.15) is 0 Å². The van der Waals surface area contributed by atoms with Crippen molar-refractivity contribution in [2.45, 2.75) is 72.5 Å². The molecule has 24 heavy (non-hydrogen) atoms. The van der Waals surface area contributed by atoms with Gasteiger partial charge in [0.05, 0.1) is 0 Å². The topological polar surface area (TPSA) is 18.5 Å². The average molecular weight is 348 g/mol. The van der Waals surface area contributed by atoms with Gasteiger partial charge in [0.2, 0.25) is 0 Å². The Morgan fingerprint density at radius 2 is 1.67 bits per heavy atom. The van der Waals surface area contributed by atoms with Crippen LogP contribution in [0.2, 0.25) is 0 Å². The lowest BCUT2D eigenvalue weighted by atomic mass is 10.0. The molecule has 1 aromatic carbocycles. The zero-order valence-electron chi connectivity index (χ0n) is 16.1. The molecule has 1 saturated heterocycles. The quantitative estimate of drug-likeness (QED) is 0.803. The van der Waals surface area contributed by atoms with Gasteiger partial charge in [-0.15, -0.1) is 0 Å². The number of nitrogens with one attached hydrogen (secondary N) is 1. The molecule has 1 heterocycles. The van der Waals surface area contributed by atoms with Gasteiger partial charge in [0.1, 0.15) is 0 Å². The summed E-state index contributed by atoms with van der Waals surface area (Å²) in [6, 6.07) is 7.95. The molecule has 2 rings (SSSR count). The van der Waals surface area contributed by atoms with Gasteiger partial charge in [-0.1, -0.05) is 18.2 Å². The van der Waals surface area contributed by atoms with Crippen molar-refractivity contribution >= 4 is 23.0 Å². The van der Waals surface area contributed by atoms with Gasteiger partial charge in [0, 0.05) is 36.9 Å². The fourth-order valence-corrected chi connectivity index (χ4v) is 4.15. The summed E-state index contributed by atoms with van der Waals surface area (Å²) in [5.74, 6) is 0. The lowest BCUT2D eigenvalue weighted by Crippen LogP contribution is -2.52. The first kappa shape index (κ1) is 19.2. The second-order valence-electron chi connectivity index (χ2n) is 7.56. The summed E-state index contributed by atoms with van der Waals surface area (Å²) >= 11 is 5.82. The zero-order chi connectivity index (χ0) is 17.9. The summed E-state index contributed by atoms with van der Waals surface area (Å²) in [6.45, 7) is 15.7. The van der Waals surface area contributed by atoms with E-state index >= 15 is 0 Å². The highest BCUT2D eigenvalue weighted by Gasteiger charge is 2.29. The van der Waals surface area contributed by atoms with Crippen molar-refractivity contribution in [3.63, 3.8) is 0 Å². The highest BCUT2D eigenvalue weighted by Crippen LogP contribution is 2.24. The van der Waals surface area contributed by atoms with E-state index in [1.54, 1.807) is 0 Å². The Morgan fingerprint density at radius 1 is 1.12 bits per heavy atom. The van der Waals surface area contributed by atoms with Gasteiger partial charge >= 0.3 is 0 Å². The highest BCUT2D eigenvalue weighted by atomic mass is 32.1. The third kappa shape index (κ3) is 4.48. The summed E-state index contributed by atoms with van der Waals surface area (Å²) in [5, 5.41) is 4.40. The summed E-state index contributed by atoms with van der Waals surface area (Å²) in [7, 11) is 0. The number of hydrogen-bond acceptors (Lipinski definition) is 2. The van der Waals surface area contributed by atoms with Gasteiger partial charge in [-0.25, -0.2) is 0 Å². The van der Waals surface area contributed by atoms with E-state index in [4.69, 9.17) is 12.2 Å². The Labute approximate surface area is 153 Å². The number of nitrogens with zero attached hydrogens (tertiary/aromatic N) is 2. The molecule has 1 aliphatic heterocycles. The number of thiocarbonyl (C=S) groups is 1. The standard InChI is InChI=1S/C20H33N3S/c1-14(2)22-12-10-18(11-13-22)23(15(3)4)20(24)21-19-16(5)8-7-9-17(19)6/h7-9,14-15,18H,10-13H2,1-6H3,(H,21,24). The van der Waals surface area contributed by atoms with Crippen LogP contribution in [0.15, 0.2) is 18.2 Å². The molecule has 0 spiro atoms. The number of para-hydroxylation sites is 1. The molecule has 3 nitrogen and oxygen atoms in total. The van der Waals surface area contributed by atoms with Crippen LogP contribution in [0.1, 0.15) is 51.7 Å². The van der Waals surface area contributed by atoms with Crippen molar-refractivity contribution in [3.8, 4) is 0 Å². The molecule has 134 valence electrons. The summed E-state index contributed by atoms with van der Waals surface area (Å²) in [4.78, 5) is 4.98. The van der Waals surface area contributed by atoms with Crippen LogP contribution in [0.3, 0.4) is 0 Å². The van der Waals surface area contributed by atoms with E-state index in [1.807, 2.05) is 0 Å². The Hall–Kier alpha value is -1.13. The number of hydrogen-bond donors (Lipinski definition) is 1. The van der Waals surface area contributed by atoms with Crippen LogP contribution in [0.4, 0.5) is 5.69 Å². The molecule has 1 N–H and O–H groups in total. The normalized spacial score (nSPS) is 16.7. The Kier molecular flexibility index (Phi) is 6.64. The van der Waals surface area contributed by atoms with E-state index in [1.165, 1.54) is 24.0 Å². The van der Waals surface area contributed by atoms with E-state index in [2.05, 4.69) is 74.9 Å². The minimum Gasteiger partial charge on any atom is -0.344 e. The minimum atomic E-state index is 0.407. The van der Waals surface area contributed by atoms with Gasteiger partial charge in [0.15, 0.2) is 5.11 Å². The fourth-order valence-electron chi connectivity index (χ4n) is 3.69. The van der Waals surface area contributed by atoms with Crippen LogP contribution < -0.4 is 5.32 Å². The molecular weight excluding hydrogens is 314 g/mol. The number of benzene rings is 1. The van der Waals surface area contributed by atoms with E-state index in [0.29, 0.717) is 18.1 Å². The van der Waals surface area contributed by atoms with E-state index in [0.717, 1.165) is 23.9 Å². The van der Waals surface area contributed by atoms with E-state index in [-0.39, 0.29) is 0 Å². The van der Waals surface area contributed by atoms with Crippen LogP contribution in [0, 0.1) is 13.8 Å². The molecule has 1 aliphatic rings. The van der Waals surface area contributed by atoms with Gasteiger partial charge in [-0.3, -0.25) is 0 Å². The molecule has 0 atom stereocenters. The Balaban J connectivity index is 2.09. The van der Waals surface area contributed by atoms with Gasteiger partial charge < -0.3 is 15.1 Å². The first-order chi connectivity index (χ1) is 11.3. The summed E-state index contributed by atoms with van der Waals surface area (Å²) in [6.07, 6.45) is 2.37. The molecule has 0 bridgehead atoms. The number of aryl methyl sites for hydroxylation is 2. The lowest BCUT2D eigenvalue weighted by molar-refractivity contribution is 0.117. The fraction of sp³-hybridized carbons (Fsp3) is 0.650. The lowest BCUT2D eigenvalue weighted by Gasteiger charge is -2.43. The molecule has 0 radical (unpaired) electrons. The predicted octanol–water partition coefficient (Wildman–Crippen LogP) is 4.58. The number of rotatable bonds is 4.